The summed E-state index contributed by atoms with van der Waals surface area (Å²) < 4.78 is 30.0. The van der Waals surface area contributed by atoms with Gasteiger partial charge in [0.2, 0.25) is 0 Å². The van der Waals surface area contributed by atoms with E-state index >= 15 is 0 Å². The molecule has 0 heterocycles. The molecule has 0 aromatic heterocycles. The Kier molecular flexibility index (Phi) is 6.98. The van der Waals surface area contributed by atoms with Gasteiger partial charge >= 0.3 is 10.1 Å². The Morgan fingerprint density at radius 3 is 2.06 bits per heavy atom. The van der Waals surface area contributed by atoms with Crippen molar-refractivity contribution in [2.24, 2.45) is 0 Å². The van der Waals surface area contributed by atoms with Gasteiger partial charge in [-0.15, -0.1) is 0 Å². The lowest BCUT2D eigenvalue weighted by Gasteiger charge is -2.11. The Morgan fingerprint density at radius 2 is 1.52 bits per heavy atom. The van der Waals surface area contributed by atoms with Crippen LogP contribution in [0, 0.1) is 11.3 Å². The van der Waals surface area contributed by atoms with E-state index in [4.69, 9.17) is 27.4 Å². The minimum atomic E-state index is -4.15. The van der Waals surface area contributed by atoms with Gasteiger partial charge in [0.05, 0.1) is 10.0 Å². The number of halogens is 2. The van der Waals surface area contributed by atoms with Gasteiger partial charge in [0.1, 0.15) is 16.5 Å². The molecule has 9 heteroatoms. The highest BCUT2D eigenvalue weighted by Crippen LogP contribution is 2.36. The minimum absolute atomic E-state index is 0.0598. The first-order valence-corrected chi connectivity index (χ1v) is 10.9. The Hall–Kier alpha value is -3.31. The van der Waals surface area contributed by atoms with Crippen molar-refractivity contribution in [1.29, 1.82) is 5.26 Å². The van der Waals surface area contributed by atoms with Crippen molar-refractivity contribution in [1.82, 2.24) is 0 Å². The van der Waals surface area contributed by atoms with Gasteiger partial charge in [0, 0.05) is 5.69 Å². The summed E-state index contributed by atoms with van der Waals surface area (Å²) in [5.41, 5.74) is 0.653. The summed E-state index contributed by atoms with van der Waals surface area (Å²) in [6, 6.07) is 20.7. The van der Waals surface area contributed by atoms with Gasteiger partial charge in [-0.3, -0.25) is 4.79 Å². The van der Waals surface area contributed by atoms with E-state index in [1.165, 1.54) is 30.3 Å². The molecule has 0 aliphatic rings. The summed E-state index contributed by atoms with van der Waals surface area (Å²) >= 11 is 12.4. The third kappa shape index (κ3) is 5.64. The number of para-hydroxylation sites is 1. The molecule has 1 N–H and O–H groups in total. The zero-order valence-electron chi connectivity index (χ0n) is 15.7. The number of nitriles is 1. The smallest absolute Gasteiger partial charge is 0.339 e. The van der Waals surface area contributed by atoms with Gasteiger partial charge in [-0.05, 0) is 48.0 Å². The molecule has 31 heavy (non-hydrogen) atoms. The van der Waals surface area contributed by atoms with E-state index < -0.39 is 16.0 Å². The minimum Gasteiger partial charge on any atom is -0.376 e. The van der Waals surface area contributed by atoms with E-state index in [-0.39, 0.29) is 26.3 Å². The number of carbonyl (C=O) groups excluding carboxylic acids is 1. The summed E-state index contributed by atoms with van der Waals surface area (Å²) in [6.07, 6.45) is 1.28. The Morgan fingerprint density at radius 1 is 0.968 bits per heavy atom. The molecule has 6 nitrogen and oxygen atoms in total. The molecular formula is C22H14Cl2N2O4S. The number of hydrogen-bond donors (Lipinski definition) is 1. The maximum absolute atomic E-state index is 12.4. The van der Waals surface area contributed by atoms with Crippen molar-refractivity contribution in [3.63, 3.8) is 0 Å². The SMILES string of the molecule is N#C/C(=C\c1cc(Cl)c(OS(=O)(=O)c2ccccc2)c(Cl)c1)C(=O)Nc1ccccc1. The molecule has 0 bridgehead atoms. The van der Waals surface area contributed by atoms with Crippen molar-refractivity contribution in [2.45, 2.75) is 4.90 Å². The summed E-state index contributed by atoms with van der Waals surface area (Å²) in [5.74, 6) is -0.871. The van der Waals surface area contributed by atoms with Crippen LogP contribution in [0.5, 0.6) is 5.75 Å². The molecule has 0 unspecified atom stereocenters. The van der Waals surface area contributed by atoms with Crippen molar-refractivity contribution in [2.75, 3.05) is 5.32 Å². The molecule has 3 aromatic rings. The van der Waals surface area contributed by atoms with Gasteiger partial charge < -0.3 is 9.50 Å². The first-order valence-electron chi connectivity index (χ1n) is 8.77. The van der Waals surface area contributed by atoms with Crippen LogP contribution in [0.15, 0.2) is 83.3 Å². The molecule has 3 rings (SSSR count). The van der Waals surface area contributed by atoms with Crippen LogP contribution in [0.1, 0.15) is 5.56 Å². The number of carbonyl (C=O) groups is 1. The number of hydrogen-bond acceptors (Lipinski definition) is 5. The predicted octanol–water partition coefficient (Wildman–Crippen LogP) is 5.31. The Bertz CT molecular complexity index is 1260. The second kappa shape index (κ2) is 9.67. The van der Waals surface area contributed by atoms with Gasteiger partial charge in [0.15, 0.2) is 5.75 Å². The fourth-order valence-electron chi connectivity index (χ4n) is 2.52. The van der Waals surface area contributed by atoms with Crippen molar-refractivity contribution in [3.8, 4) is 11.8 Å². The molecule has 0 saturated carbocycles. The monoisotopic (exact) mass is 472 g/mol. The molecular weight excluding hydrogens is 459 g/mol. The zero-order chi connectivity index (χ0) is 22.4. The van der Waals surface area contributed by atoms with E-state index in [0.29, 0.717) is 11.3 Å². The number of benzene rings is 3. The van der Waals surface area contributed by atoms with Crippen LogP contribution in [0.2, 0.25) is 10.0 Å². The molecule has 0 atom stereocenters. The number of nitrogens with one attached hydrogen (secondary N) is 1. The molecule has 156 valence electrons. The van der Waals surface area contributed by atoms with E-state index in [9.17, 15) is 18.5 Å². The second-order valence-corrected chi connectivity index (χ2v) is 8.51. The third-order valence-corrected chi connectivity index (χ3v) is 5.75. The van der Waals surface area contributed by atoms with Crippen LogP contribution in [-0.4, -0.2) is 14.3 Å². The van der Waals surface area contributed by atoms with Gasteiger partial charge in [-0.25, -0.2) is 0 Å². The lowest BCUT2D eigenvalue weighted by molar-refractivity contribution is -0.112. The van der Waals surface area contributed by atoms with Gasteiger partial charge in [0.25, 0.3) is 5.91 Å². The zero-order valence-corrected chi connectivity index (χ0v) is 18.1. The molecule has 3 aromatic carbocycles. The summed E-state index contributed by atoms with van der Waals surface area (Å²) in [4.78, 5) is 12.3. The predicted molar refractivity (Wildman–Crippen MR) is 119 cm³/mol. The lowest BCUT2D eigenvalue weighted by atomic mass is 10.1. The van der Waals surface area contributed by atoms with E-state index in [2.05, 4.69) is 5.32 Å². The van der Waals surface area contributed by atoms with Crippen LogP contribution < -0.4 is 9.50 Å². The normalized spacial score (nSPS) is 11.5. The van der Waals surface area contributed by atoms with Crippen LogP contribution in [-0.2, 0) is 14.9 Å². The highest BCUT2D eigenvalue weighted by Gasteiger charge is 2.21. The topological polar surface area (TPSA) is 96.3 Å². The number of anilines is 1. The number of nitrogens with zero attached hydrogens (tertiary/aromatic N) is 1. The van der Waals surface area contributed by atoms with Crippen LogP contribution >= 0.6 is 23.2 Å². The highest BCUT2D eigenvalue weighted by atomic mass is 35.5. The van der Waals surface area contributed by atoms with Crippen LogP contribution in [0.25, 0.3) is 6.08 Å². The van der Waals surface area contributed by atoms with E-state index in [1.54, 1.807) is 48.5 Å². The summed E-state index contributed by atoms with van der Waals surface area (Å²) in [6.45, 7) is 0. The van der Waals surface area contributed by atoms with E-state index in [0.717, 1.165) is 0 Å². The maximum atomic E-state index is 12.4. The largest absolute Gasteiger partial charge is 0.376 e. The first-order chi connectivity index (χ1) is 14.8. The molecule has 0 aliphatic heterocycles. The first kappa shape index (κ1) is 22.4. The molecule has 0 fully saturated rings. The molecule has 1 amide bonds. The van der Waals surface area contributed by atoms with E-state index in [1.807, 2.05) is 6.07 Å². The van der Waals surface area contributed by atoms with Crippen LogP contribution in [0.4, 0.5) is 5.69 Å². The van der Waals surface area contributed by atoms with Crippen LogP contribution in [0.3, 0.4) is 0 Å². The third-order valence-electron chi connectivity index (χ3n) is 3.95. The summed E-state index contributed by atoms with van der Waals surface area (Å²) in [7, 11) is -4.15. The standard InChI is InChI=1S/C22H14Cl2N2O4S/c23-19-12-15(11-16(14-25)22(27)26-17-7-3-1-4-8-17)13-20(24)21(19)30-31(28,29)18-9-5-2-6-10-18/h1-13H,(H,26,27)/b16-11+. The average molecular weight is 473 g/mol. The molecule has 0 saturated heterocycles. The van der Waals surface area contributed by atoms with Gasteiger partial charge in [-0.1, -0.05) is 59.6 Å². The average Bonchev–Trinajstić information content (AvgIpc) is 2.76. The number of rotatable bonds is 6. The van der Waals surface area contributed by atoms with Crippen molar-refractivity contribution in [3.05, 3.63) is 94.0 Å². The van der Waals surface area contributed by atoms with Crippen molar-refractivity contribution < 1.29 is 17.4 Å². The molecule has 0 spiro atoms. The quantitative estimate of drug-likeness (QED) is 0.298. The van der Waals surface area contributed by atoms with Crippen molar-refractivity contribution >= 4 is 51.0 Å². The second-order valence-electron chi connectivity index (χ2n) is 6.15. The Labute approximate surface area is 189 Å². The Balaban J connectivity index is 1.87. The summed E-state index contributed by atoms with van der Waals surface area (Å²) in [5, 5.41) is 11.8. The fourth-order valence-corrected chi connectivity index (χ4v) is 4.18. The fraction of sp³-hybridized carbons (Fsp3) is 0. The van der Waals surface area contributed by atoms with Gasteiger partial charge in [-0.2, -0.15) is 13.7 Å². The maximum Gasteiger partial charge on any atom is 0.339 e. The molecule has 0 aliphatic carbocycles. The highest BCUT2D eigenvalue weighted by molar-refractivity contribution is 7.87. The molecule has 0 radical (unpaired) electrons. The lowest BCUT2D eigenvalue weighted by Crippen LogP contribution is -2.13. The number of amides is 1.